The predicted molar refractivity (Wildman–Crippen MR) is 155 cm³/mol. The Labute approximate surface area is 222 Å². The van der Waals surface area contributed by atoms with Crippen molar-refractivity contribution in [2.24, 2.45) is 0 Å². The summed E-state index contributed by atoms with van der Waals surface area (Å²) in [7, 11) is 0. The van der Waals surface area contributed by atoms with Crippen molar-refractivity contribution in [2.75, 3.05) is 0 Å². The van der Waals surface area contributed by atoms with Crippen LogP contribution in [0.3, 0.4) is 0 Å². The number of carbonyl (C=O) groups is 3. The first kappa shape index (κ1) is 36.8. The highest BCUT2D eigenvalue weighted by Gasteiger charge is 1.87. The third-order valence-corrected chi connectivity index (χ3v) is 3.49. The summed E-state index contributed by atoms with van der Waals surface area (Å²) < 4.78 is 0. The number of hydrogen-bond acceptors (Lipinski definition) is 3. The number of rotatable bonds is 5. The molecule has 0 aromatic heterocycles. The van der Waals surface area contributed by atoms with Gasteiger partial charge in [0.25, 0.3) is 0 Å². The van der Waals surface area contributed by atoms with Gasteiger partial charge in [-0.1, -0.05) is 139 Å². The standard InChI is InChI=1S/C9H7ClO.C9H8O2.C7H6O.3C2H6/c2*10-9(11)7-6-8-4-2-1-3-5-8;8-6-7-4-2-1-3-5-7;3*1-2/h1-7H;1-7H,(H,10,11);1-6H;3*1-2H3/b2*7-6+;;;;. The minimum atomic E-state index is -0.922. The summed E-state index contributed by atoms with van der Waals surface area (Å²) in [5.74, 6) is -0.922. The molecule has 0 saturated carbocycles. The third-order valence-electron chi connectivity index (χ3n) is 3.36. The van der Waals surface area contributed by atoms with E-state index >= 15 is 0 Å². The number of hydrogen-bond donors (Lipinski definition) is 1. The van der Waals surface area contributed by atoms with Crippen molar-refractivity contribution >= 4 is 41.3 Å². The van der Waals surface area contributed by atoms with Crippen LogP contribution in [0.25, 0.3) is 12.2 Å². The van der Waals surface area contributed by atoms with Crippen LogP contribution in [0.2, 0.25) is 0 Å². The van der Waals surface area contributed by atoms with Crippen LogP contribution < -0.4 is 0 Å². The molecular weight excluding hydrogens is 472 g/mol. The van der Waals surface area contributed by atoms with Crippen molar-refractivity contribution < 1.29 is 19.5 Å². The highest BCUT2D eigenvalue weighted by molar-refractivity contribution is 6.66. The molecule has 3 rings (SSSR count). The van der Waals surface area contributed by atoms with Gasteiger partial charge in [0.15, 0.2) is 0 Å². The molecule has 36 heavy (non-hydrogen) atoms. The van der Waals surface area contributed by atoms with Crippen LogP contribution in [-0.2, 0) is 9.59 Å². The first-order valence-electron chi connectivity index (χ1n) is 11.9. The highest BCUT2D eigenvalue weighted by Crippen LogP contribution is 2.01. The summed E-state index contributed by atoms with van der Waals surface area (Å²) in [4.78, 5) is 30.4. The zero-order valence-corrected chi connectivity index (χ0v) is 22.9. The van der Waals surface area contributed by atoms with E-state index in [2.05, 4.69) is 0 Å². The molecule has 0 unspecified atom stereocenters. The fraction of sp³-hybridized carbons (Fsp3) is 0.194. The summed E-state index contributed by atoms with van der Waals surface area (Å²) in [6.45, 7) is 12.0. The van der Waals surface area contributed by atoms with Crippen LogP contribution in [0, 0.1) is 0 Å². The minimum absolute atomic E-state index is 0.450. The SMILES string of the molecule is CC.CC.CC.O=C(Cl)/C=C/c1ccccc1.O=C(O)/C=C/c1ccccc1.O=Cc1ccccc1. The summed E-state index contributed by atoms with van der Waals surface area (Å²) in [5.41, 5.74) is 2.60. The molecule has 0 spiro atoms. The van der Waals surface area contributed by atoms with Gasteiger partial charge in [-0.25, -0.2) is 4.79 Å². The number of carboxylic acid groups (broad SMARTS) is 1. The summed E-state index contributed by atoms with van der Waals surface area (Å²) >= 11 is 5.10. The molecule has 0 radical (unpaired) electrons. The van der Waals surface area contributed by atoms with E-state index in [-0.39, 0.29) is 0 Å². The molecule has 0 bridgehead atoms. The minimum Gasteiger partial charge on any atom is -0.478 e. The fourth-order valence-corrected chi connectivity index (χ4v) is 2.05. The van der Waals surface area contributed by atoms with Crippen molar-refractivity contribution in [3.63, 3.8) is 0 Å². The number of aliphatic carboxylic acids is 1. The topological polar surface area (TPSA) is 71.4 Å². The largest absolute Gasteiger partial charge is 0.478 e. The van der Waals surface area contributed by atoms with E-state index in [1.807, 2.05) is 120 Å². The molecule has 5 heteroatoms. The zero-order valence-electron chi connectivity index (χ0n) is 22.1. The van der Waals surface area contributed by atoms with Crippen LogP contribution in [0.1, 0.15) is 63.0 Å². The second kappa shape index (κ2) is 29.3. The van der Waals surface area contributed by atoms with Crippen LogP contribution in [0.15, 0.2) is 103 Å². The van der Waals surface area contributed by atoms with Gasteiger partial charge < -0.3 is 5.11 Å². The molecule has 3 aromatic rings. The van der Waals surface area contributed by atoms with Gasteiger partial charge in [-0.3, -0.25) is 9.59 Å². The lowest BCUT2D eigenvalue weighted by Gasteiger charge is -1.87. The van der Waals surface area contributed by atoms with Gasteiger partial charge in [0.05, 0.1) is 0 Å². The molecule has 0 amide bonds. The molecule has 4 nitrogen and oxygen atoms in total. The Kier molecular flexibility index (Phi) is 29.9. The predicted octanol–water partition coefficient (Wildman–Crippen LogP) is 8.83. The van der Waals surface area contributed by atoms with Gasteiger partial charge in [0.2, 0.25) is 5.24 Å². The van der Waals surface area contributed by atoms with Crippen LogP contribution in [0.4, 0.5) is 0 Å². The van der Waals surface area contributed by atoms with Gasteiger partial charge in [0, 0.05) is 11.6 Å². The number of allylic oxidation sites excluding steroid dienone is 1. The Balaban J connectivity index is -0.000000414. The summed E-state index contributed by atoms with van der Waals surface area (Å²) in [6.07, 6.45) is 6.52. The average Bonchev–Trinajstić information content (AvgIpc) is 2.96. The number of carboxylic acids is 1. The number of halogens is 1. The first-order valence-corrected chi connectivity index (χ1v) is 12.3. The molecule has 0 fully saturated rings. The maximum atomic E-state index is 10.3. The Morgan fingerprint density at radius 2 is 0.889 bits per heavy atom. The quantitative estimate of drug-likeness (QED) is 0.211. The molecule has 0 aliphatic heterocycles. The van der Waals surface area contributed by atoms with Crippen molar-refractivity contribution in [3.05, 3.63) is 120 Å². The molecule has 0 aliphatic carbocycles. The maximum absolute atomic E-state index is 10.3. The lowest BCUT2D eigenvalue weighted by atomic mass is 10.2. The van der Waals surface area contributed by atoms with Crippen molar-refractivity contribution in [1.29, 1.82) is 0 Å². The average molecular weight is 511 g/mol. The molecule has 1 N–H and O–H groups in total. The van der Waals surface area contributed by atoms with Gasteiger partial charge in [-0.2, -0.15) is 0 Å². The van der Waals surface area contributed by atoms with Gasteiger partial charge >= 0.3 is 5.97 Å². The number of benzene rings is 3. The van der Waals surface area contributed by atoms with E-state index in [0.29, 0.717) is 0 Å². The van der Waals surface area contributed by atoms with Crippen molar-refractivity contribution in [1.82, 2.24) is 0 Å². The van der Waals surface area contributed by atoms with Crippen molar-refractivity contribution in [2.45, 2.75) is 41.5 Å². The molecule has 0 heterocycles. The van der Waals surface area contributed by atoms with Crippen LogP contribution in [-0.4, -0.2) is 22.6 Å². The lowest BCUT2D eigenvalue weighted by molar-refractivity contribution is -0.131. The van der Waals surface area contributed by atoms with Crippen molar-refractivity contribution in [3.8, 4) is 0 Å². The Morgan fingerprint density at radius 3 is 1.14 bits per heavy atom. The number of aldehydes is 1. The van der Waals surface area contributed by atoms with E-state index in [1.165, 1.54) is 6.08 Å². The maximum Gasteiger partial charge on any atom is 0.328 e. The monoisotopic (exact) mass is 510 g/mol. The Hall–Kier alpha value is -3.76. The Morgan fingerprint density at radius 1 is 0.583 bits per heavy atom. The zero-order chi connectivity index (χ0) is 28.0. The summed E-state index contributed by atoms with van der Waals surface area (Å²) in [5, 5.41) is 7.84. The molecule has 0 aliphatic rings. The van der Waals surface area contributed by atoms with E-state index in [4.69, 9.17) is 16.7 Å². The smallest absolute Gasteiger partial charge is 0.328 e. The molecule has 194 valence electrons. The lowest BCUT2D eigenvalue weighted by Crippen LogP contribution is -1.85. The second-order valence-electron chi connectivity index (χ2n) is 5.66. The Bertz CT molecular complexity index is 892. The molecule has 3 aromatic carbocycles. The second-order valence-corrected chi connectivity index (χ2v) is 6.03. The van der Waals surface area contributed by atoms with E-state index in [0.717, 1.165) is 29.1 Å². The molecule has 0 atom stereocenters. The van der Waals surface area contributed by atoms with Gasteiger partial charge in [0.1, 0.15) is 6.29 Å². The summed E-state index contributed by atoms with van der Waals surface area (Å²) in [6, 6.07) is 27.9. The normalized spacial score (nSPS) is 8.64. The van der Waals surface area contributed by atoms with Gasteiger partial charge in [-0.05, 0) is 34.9 Å². The van der Waals surface area contributed by atoms with E-state index in [9.17, 15) is 14.4 Å². The van der Waals surface area contributed by atoms with Crippen LogP contribution >= 0.6 is 11.6 Å². The third kappa shape index (κ3) is 24.9. The number of carbonyl (C=O) groups excluding carboxylic acids is 2. The highest BCUT2D eigenvalue weighted by atomic mass is 35.5. The first-order chi connectivity index (χ1) is 17.5. The van der Waals surface area contributed by atoms with Crippen LogP contribution in [0.5, 0.6) is 0 Å². The molecule has 0 saturated heterocycles. The molecular formula is C31H39ClO4. The van der Waals surface area contributed by atoms with E-state index in [1.54, 1.807) is 24.3 Å². The van der Waals surface area contributed by atoms with E-state index < -0.39 is 11.2 Å². The fourth-order valence-electron chi connectivity index (χ4n) is 1.99. The van der Waals surface area contributed by atoms with Gasteiger partial charge in [-0.15, -0.1) is 0 Å².